The standard InChI is InChI=1S/C30H29F3N4O3/c31-23-10-8-21(9-11-23)27-19-28(25-6-1-2-7-26(25)33)37(34-27)29(38)20-36(13-12-35-14-16-40-17-15-35)30(39)22-4-3-5-24(32)18-22/h1-11,18,28H,12-17,19-20H2. The molecule has 0 N–H and O–H groups in total. The second kappa shape index (κ2) is 12.4. The summed E-state index contributed by atoms with van der Waals surface area (Å²) < 4.78 is 47.8. The van der Waals surface area contributed by atoms with Gasteiger partial charge in [-0.25, -0.2) is 18.2 Å². The molecule has 2 amide bonds. The fourth-order valence-corrected chi connectivity index (χ4v) is 4.92. The van der Waals surface area contributed by atoms with Gasteiger partial charge in [0.25, 0.3) is 11.8 Å². The molecule has 7 nitrogen and oxygen atoms in total. The van der Waals surface area contributed by atoms with Gasteiger partial charge in [-0.2, -0.15) is 5.10 Å². The summed E-state index contributed by atoms with van der Waals surface area (Å²) in [7, 11) is 0. The Balaban J connectivity index is 1.42. The molecule has 5 rings (SSSR count). The molecule has 0 bridgehead atoms. The molecule has 1 unspecified atom stereocenters. The summed E-state index contributed by atoms with van der Waals surface area (Å²) in [6.07, 6.45) is 0.212. The monoisotopic (exact) mass is 550 g/mol. The minimum absolute atomic E-state index is 0.123. The average Bonchev–Trinajstić information content (AvgIpc) is 3.41. The Bertz CT molecular complexity index is 1390. The molecular formula is C30H29F3N4O3. The Morgan fingerprint density at radius 3 is 2.40 bits per heavy atom. The number of amides is 2. The van der Waals surface area contributed by atoms with Crippen LogP contribution in [0.2, 0.25) is 0 Å². The van der Waals surface area contributed by atoms with Gasteiger partial charge < -0.3 is 9.64 Å². The zero-order chi connectivity index (χ0) is 28.1. The van der Waals surface area contributed by atoms with E-state index in [1.54, 1.807) is 30.3 Å². The van der Waals surface area contributed by atoms with Gasteiger partial charge in [-0.05, 0) is 42.0 Å². The first-order valence-electron chi connectivity index (χ1n) is 13.1. The molecule has 0 aliphatic carbocycles. The summed E-state index contributed by atoms with van der Waals surface area (Å²) in [5.74, 6) is -2.46. The predicted octanol–water partition coefficient (Wildman–Crippen LogP) is 4.26. The van der Waals surface area contributed by atoms with Crippen LogP contribution in [0.15, 0.2) is 77.9 Å². The van der Waals surface area contributed by atoms with Crippen molar-refractivity contribution in [2.45, 2.75) is 12.5 Å². The van der Waals surface area contributed by atoms with Crippen molar-refractivity contribution in [1.82, 2.24) is 14.8 Å². The average molecular weight is 551 g/mol. The van der Waals surface area contributed by atoms with Gasteiger partial charge >= 0.3 is 0 Å². The third-order valence-electron chi connectivity index (χ3n) is 7.08. The summed E-state index contributed by atoms with van der Waals surface area (Å²) in [6.45, 7) is 2.92. The van der Waals surface area contributed by atoms with E-state index in [2.05, 4.69) is 10.0 Å². The molecule has 3 aromatic carbocycles. The van der Waals surface area contributed by atoms with E-state index in [-0.39, 0.29) is 30.6 Å². The predicted molar refractivity (Wildman–Crippen MR) is 143 cm³/mol. The van der Waals surface area contributed by atoms with Gasteiger partial charge in [0.2, 0.25) is 0 Å². The second-order valence-corrected chi connectivity index (χ2v) is 9.72. The van der Waals surface area contributed by atoms with Crippen LogP contribution in [0.4, 0.5) is 13.2 Å². The molecule has 40 heavy (non-hydrogen) atoms. The maximum absolute atomic E-state index is 14.9. The van der Waals surface area contributed by atoms with Crippen LogP contribution in [0.5, 0.6) is 0 Å². The topological polar surface area (TPSA) is 65.5 Å². The molecule has 0 saturated carbocycles. The lowest BCUT2D eigenvalue weighted by molar-refractivity contribution is -0.133. The number of carbonyl (C=O) groups excluding carboxylic acids is 2. The van der Waals surface area contributed by atoms with E-state index >= 15 is 0 Å². The van der Waals surface area contributed by atoms with E-state index in [4.69, 9.17) is 4.74 Å². The Kier molecular flexibility index (Phi) is 8.57. The SMILES string of the molecule is O=C(c1cccc(F)c1)N(CCN1CCOCC1)CC(=O)N1N=C(c2ccc(F)cc2)CC1c1ccccc1F. The van der Waals surface area contributed by atoms with Crippen molar-refractivity contribution in [2.75, 3.05) is 45.9 Å². The zero-order valence-corrected chi connectivity index (χ0v) is 21.8. The summed E-state index contributed by atoms with van der Waals surface area (Å²) in [4.78, 5) is 30.7. The molecule has 0 aromatic heterocycles. The number of hydrogen-bond acceptors (Lipinski definition) is 5. The van der Waals surface area contributed by atoms with Gasteiger partial charge in [0.05, 0.1) is 25.0 Å². The van der Waals surface area contributed by atoms with Crippen LogP contribution in [-0.4, -0.2) is 78.3 Å². The van der Waals surface area contributed by atoms with Gasteiger partial charge in [0, 0.05) is 43.7 Å². The smallest absolute Gasteiger partial charge is 0.262 e. The largest absolute Gasteiger partial charge is 0.379 e. The van der Waals surface area contributed by atoms with Crippen molar-refractivity contribution in [1.29, 1.82) is 0 Å². The van der Waals surface area contributed by atoms with Gasteiger partial charge in [0.15, 0.2) is 0 Å². The number of rotatable bonds is 8. The lowest BCUT2D eigenvalue weighted by atomic mass is 9.98. The van der Waals surface area contributed by atoms with Crippen molar-refractivity contribution in [2.24, 2.45) is 5.10 Å². The summed E-state index contributed by atoms with van der Waals surface area (Å²) in [5, 5.41) is 5.73. The van der Waals surface area contributed by atoms with Crippen molar-refractivity contribution in [3.05, 3.63) is 107 Å². The molecule has 2 aliphatic heterocycles. The first kappa shape index (κ1) is 27.5. The minimum atomic E-state index is -0.751. The van der Waals surface area contributed by atoms with Crippen LogP contribution >= 0.6 is 0 Å². The van der Waals surface area contributed by atoms with Crippen LogP contribution in [0.1, 0.15) is 33.9 Å². The van der Waals surface area contributed by atoms with E-state index in [1.165, 1.54) is 46.3 Å². The van der Waals surface area contributed by atoms with Crippen LogP contribution in [0, 0.1) is 17.5 Å². The lowest BCUT2D eigenvalue weighted by Crippen LogP contribution is -2.46. The fourth-order valence-electron chi connectivity index (χ4n) is 4.92. The first-order chi connectivity index (χ1) is 19.4. The highest BCUT2D eigenvalue weighted by atomic mass is 19.1. The van der Waals surface area contributed by atoms with Gasteiger partial charge in [-0.3, -0.25) is 14.5 Å². The molecular weight excluding hydrogens is 521 g/mol. The number of ether oxygens (including phenoxy) is 1. The molecule has 1 atom stereocenters. The van der Waals surface area contributed by atoms with E-state index in [0.717, 1.165) is 6.07 Å². The molecule has 3 aromatic rings. The van der Waals surface area contributed by atoms with Crippen LogP contribution < -0.4 is 0 Å². The van der Waals surface area contributed by atoms with Crippen LogP contribution in [-0.2, 0) is 9.53 Å². The number of carbonyl (C=O) groups is 2. The highest BCUT2D eigenvalue weighted by Gasteiger charge is 2.36. The maximum Gasteiger partial charge on any atom is 0.262 e. The highest BCUT2D eigenvalue weighted by molar-refractivity contribution is 6.03. The van der Waals surface area contributed by atoms with Crippen molar-refractivity contribution >= 4 is 17.5 Å². The lowest BCUT2D eigenvalue weighted by Gasteiger charge is -2.31. The van der Waals surface area contributed by atoms with Crippen molar-refractivity contribution < 1.29 is 27.5 Å². The second-order valence-electron chi connectivity index (χ2n) is 9.72. The number of hydrazone groups is 1. The molecule has 10 heteroatoms. The Morgan fingerprint density at radius 1 is 0.925 bits per heavy atom. The Morgan fingerprint density at radius 2 is 1.68 bits per heavy atom. The first-order valence-corrected chi connectivity index (χ1v) is 13.1. The number of hydrogen-bond donors (Lipinski definition) is 0. The van der Waals surface area contributed by atoms with Crippen LogP contribution in [0.3, 0.4) is 0 Å². The third-order valence-corrected chi connectivity index (χ3v) is 7.08. The van der Waals surface area contributed by atoms with Gasteiger partial charge in [-0.1, -0.05) is 36.4 Å². The maximum atomic E-state index is 14.9. The van der Waals surface area contributed by atoms with E-state index in [1.807, 2.05) is 0 Å². The normalized spacial score (nSPS) is 17.5. The van der Waals surface area contributed by atoms with Gasteiger partial charge in [-0.15, -0.1) is 0 Å². The molecule has 208 valence electrons. The molecule has 0 radical (unpaired) electrons. The Labute approximate surface area is 230 Å². The molecule has 2 heterocycles. The minimum Gasteiger partial charge on any atom is -0.379 e. The summed E-state index contributed by atoms with van der Waals surface area (Å²) in [6, 6.07) is 16.4. The van der Waals surface area contributed by atoms with Crippen molar-refractivity contribution in [3.8, 4) is 0 Å². The molecule has 0 spiro atoms. The van der Waals surface area contributed by atoms with E-state index < -0.39 is 35.3 Å². The fraction of sp³-hybridized carbons (Fsp3) is 0.300. The summed E-state index contributed by atoms with van der Waals surface area (Å²) in [5.41, 5.74) is 1.52. The van der Waals surface area contributed by atoms with E-state index in [9.17, 15) is 22.8 Å². The quantitative estimate of drug-likeness (QED) is 0.421. The van der Waals surface area contributed by atoms with Crippen molar-refractivity contribution in [3.63, 3.8) is 0 Å². The number of nitrogens with zero attached hydrogens (tertiary/aromatic N) is 4. The molecule has 2 aliphatic rings. The highest BCUT2D eigenvalue weighted by Crippen LogP contribution is 2.34. The third kappa shape index (κ3) is 6.40. The van der Waals surface area contributed by atoms with Gasteiger partial charge in [0.1, 0.15) is 24.0 Å². The summed E-state index contributed by atoms with van der Waals surface area (Å²) >= 11 is 0. The molecule has 1 fully saturated rings. The number of morpholine rings is 1. The Hall–Kier alpha value is -4.02. The number of benzene rings is 3. The van der Waals surface area contributed by atoms with Crippen LogP contribution in [0.25, 0.3) is 0 Å². The molecule has 1 saturated heterocycles. The zero-order valence-electron chi connectivity index (χ0n) is 21.8. The van der Waals surface area contributed by atoms with E-state index in [0.29, 0.717) is 44.1 Å². The number of halogens is 3.